The van der Waals surface area contributed by atoms with Crippen LogP contribution in [0.5, 0.6) is 0 Å². The Bertz CT molecular complexity index is 1180. The second kappa shape index (κ2) is 7.58. The molecular formula is C18H19N7O2S. The van der Waals surface area contributed by atoms with Gasteiger partial charge in [0.25, 0.3) is 0 Å². The number of sulfonamides is 1. The maximum Gasteiger partial charge on any atom is 0.232 e. The molecular weight excluding hydrogens is 378 g/mol. The minimum Gasteiger partial charge on any atom is -0.351 e. The summed E-state index contributed by atoms with van der Waals surface area (Å²) in [6.45, 7) is 4.12. The molecule has 0 aliphatic rings. The molecule has 0 atom stereocenters. The smallest absolute Gasteiger partial charge is 0.232 e. The molecule has 9 nitrogen and oxygen atoms in total. The second-order valence-electron chi connectivity index (χ2n) is 5.98. The normalized spacial score (nSPS) is 11.0. The van der Waals surface area contributed by atoms with E-state index in [2.05, 4.69) is 38.2 Å². The number of nitrogens with zero attached hydrogens (tertiary/aromatic N) is 4. The standard InChI is InChI=1S/C18H19N7O2S/c1-4-9-20-18-23-16-15(12(10-19)11-21-16)17(24-18)22-13-7-5-6-8-14(13)25(2)28(3,26)27/h4-8,11H,1,9H2,2-3H3,(H3,20,21,22,23,24). The van der Waals surface area contributed by atoms with Gasteiger partial charge in [-0.3, -0.25) is 4.31 Å². The molecule has 0 saturated carbocycles. The molecule has 0 aliphatic carbocycles. The van der Waals surface area contributed by atoms with E-state index in [0.29, 0.717) is 46.3 Å². The summed E-state index contributed by atoms with van der Waals surface area (Å²) < 4.78 is 25.1. The largest absolute Gasteiger partial charge is 0.351 e. The van der Waals surface area contributed by atoms with Gasteiger partial charge < -0.3 is 15.6 Å². The van der Waals surface area contributed by atoms with Crippen LogP contribution in [-0.2, 0) is 10.0 Å². The van der Waals surface area contributed by atoms with Crippen LogP contribution in [-0.4, -0.2) is 43.2 Å². The van der Waals surface area contributed by atoms with Crippen LogP contribution in [0.1, 0.15) is 5.56 Å². The number of hydrogen-bond donors (Lipinski definition) is 3. The van der Waals surface area contributed by atoms with Crippen LogP contribution in [0.25, 0.3) is 11.0 Å². The van der Waals surface area contributed by atoms with E-state index in [1.807, 2.05) is 0 Å². The highest BCUT2D eigenvalue weighted by atomic mass is 32.2. The first-order valence-corrected chi connectivity index (χ1v) is 10.1. The zero-order chi connectivity index (χ0) is 20.3. The molecule has 0 amide bonds. The fourth-order valence-corrected chi connectivity index (χ4v) is 3.13. The Hall–Kier alpha value is -3.58. The summed E-state index contributed by atoms with van der Waals surface area (Å²) in [7, 11) is -1.98. The summed E-state index contributed by atoms with van der Waals surface area (Å²) in [5.74, 6) is 0.721. The van der Waals surface area contributed by atoms with Gasteiger partial charge in [-0.2, -0.15) is 15.2 Å². The Kier molecular flexibility index (Phi) is 5.19. The van der Waals surface area contributed by atoms with Crippen molar-refractivity contribution in [2.24, 2.45) is 0 Å². The van der Waals surface area contributed by atoms with Crippen LogP contribution in [0.4, 0.5) is 23.1 Å². The first-order valence-electron chi connectivity index (χ1n) is 8.29. The van der Waals surface area contributed by atoms with Crippen molar-refractivity contribution in [3.63, 3.8) is 0 Å². The molecule has 28 heavy (non-hydrogen) atoms. The number of benzene rings is 1. The van der Waals surface area contributed by atoms with Crippen molar-refractivity contribution in [3.05, 3.63) is 48.7 Å². The Morgan fingerprint density at radius 3 is 2.79 bits per heavy atom. The summed E-state index contributed by atoms with van der Waals surface area (Å²) in [6, 6.07) is 9.04. The Labute approximate surface area is 162 Å². The number of nitrogens with one attached hydrogen (secondary N) is 3. The van der Waals surface area contributed by atoms with Crippen LogP contribution >= 0.6 is 0 Å². The third-order valence-electron chi connectivity index (χ3n) is 4.05. The Morgan fingerprint density at radius 1 is 1.36 bits per heavy atom. The van der Waals surface area contributed by atoms with Crippen molar-refractivity contribution in [1.82, 2.24) is 15.0 Å². The fourth-order valence-electron chi connectivity index (χ4n) is 2.61. The van der Waals surface area contributed by atoms with Crippen molar-refractivity contribution in [3.8, 4) is 6.07 Å². The third kappa shape index (κ3) is 3.74. The van der Waals surface area contributed by atoms with Crippen LogP contribution in [0.15, 0.2) is 43.1 Å². The average molecular weight is 397 g/mol. The minimum absolute atomic E-state index is 0.343. The van der Waals surface area contributed by atoms with Gasteiger partial charge in [0, 0.05) is 19.8 Å². The zero-order valence-corrected chi connectivity index (χ0v) is 16.2. The van der Waals surface area contributed by atoms with Gasteiger partial charge in [-0.25, -0.2) is 8.42 Å². The highest BCUT2D eigenvalue weighted by molar-refractivity contribution is 7.92. The lowest BCUT2D eigenvalue weighted by Gasteiger charge is -2.21. The molecule has 0 bridgehead atoms. The van der Waals surface area contributed by atoms with Gasteiger partial charge >= 0.3 is 0 Å². The molecule has 0 spiro atoms. The summed E-state index contributed by atoms with van der Waals surface area (Å²) >= 11 is 0. The number of rotatable bonds is 7. The summed E-state index contributed by atoms with van der Waals surface area (Å²) in [5, 5.41) is 16.1. The third-order valence-corrected chi connectivity index (χ3v) is 5.24. The first kappa shape index (κ1) is 19.2. The van der Waals surface area contributed by atoms with E-state index in [0.717, 1.165) is 6.26 Å². The fraction of sp³-hybridized carbons (Fsp3) is 0.167. The number of para-hydroxylation sites is 2. The number of nitriles is 1. The van der Waals surface area contributed by atoms with Gasteiger partial charge in [-0.05, 0) is 12.1 Å². The average Bonchev–Trinajstić information content (AvgIpc) is 3.09. The highest BCUT2D eigenvalue weighted by Gasteiger charge is 2.18. The number of aromatic amines is 1. The van der Waals surface area contributed by atoms with E-state index < -0.39 is 10.0 Å². The predicted molar refractivity (Wildman–Crippen MR) is 110 cm³/mol. The van der Waals surface area contributed by atoms with Gasteiger partial charge in [0.2, 0.25) is 16.0 Å². The van der Waals surface area contributed by atoms with Crippen molar-refractivity contribution >= 4 is 44.2 Å². The molecule has 2 aromatic heterocycles. The van der Waals surface area contributed by atoms with E-state index in [9.17, 15) is 13.7 Å². The minimum atomic E-state index is -3.46. The summed E-state index contributed by atoms with van der Waals surface area (Å²) in [5.41, 5.74) is 1.83. The second-order valence-corrected chi connectivity index (χ2v) is 7.99. The molecule has 0 radical (unpaired) electrons. The number of fused-ring (bicyclic) bond motifs is 1. The molecule has 2 heterocycles. The molecule has 0 aliphatic heterocycles. The lowest BCUT2D eigenvalue weighted by molar-refractivity contribution is 0.600. The van der Waals surface area contributed by atoms with Crippen molar-refractivity contribution in [1.29, 1.82) is 5.26 Å². The highest BCUT2D eigenvalue weighted by Crippen LogP contribution is 2.32. The van der Waals surface area contributed by atoms with Crippen molar-refractivity contribution in [2.45, 2.75) is 0 Å². The van der Waals surface area contributed by atoms with Crippen molar-refractivity contribution in [2.75, 3.05) is 34.8 Å². The molecule has 0 unspecified atom stereocenters. The molecule has 0 fully saturated rings. The Balaban J connectivity index is 2.13. The lowest BCUT2D eigenvalue weighted by atomic mass is 10.2. The SMILES string of the molecule is C=CCNc1nc(Nc2ccccc2N(C)S(C)(=O)=O)c2c(C#N)c[nH]c2n1. The van der Waals surface area contributed by atoms with Gasteiger partial charge in [-0.1, -0.05) is 18.2 Å². The number of H-pyrrole nitrogens is 1. The molecule has 144 valence electrons. The van der Waals surface area contributed by atoms with E-state index in [4.69, 9.17) is 0 Å². The molecule has 3 aromatic rings. The van der Waals surface area contributed by atoms with Crippen molar-refractivity contribution < 1.29 is 8.42 Å². The van der Waals surface area contributed by atoms with Crippen LogP contribution in [0.2, 0.25) is 0 Å². The van der Waals surface area contributed by atoms with Gasteiger partial charge in [0.15, 0.2) is 0 Å². The quantitative estimate of drug-likeness (QED) is 0.523. The van der Waals surface area contributed by atoms with Crippen LogP contribution < -0.4 is 14.9 Å². The Morgan fingerprint density at radius 2 is 2.11 bits per heavy atom. The number of anilines is 4. The van der Waals surface area contributed by atoms with E-state index in [-0.39, 0.29) is 0 Å². The maximum atomic E-state index is 12.0. The monoisotopic (exact) mass is 397 g/mol. The summed E-state index contributed by atoms with van der Waals surface area (Å²) in [6.07, 6.45) is 4.35. The molecule has 10 heteroatoms. The molecule has 1 aromatic carbocycles. The van der Waals surface area contributed by atoms with E-state index in [1.54, 1.807) is 36.5 Å². The number of aromatic nitrogens is 3. The zero-order valence-electron chi connectivity index (χ0n) is 15.4. The first-order chi connectivity index (χ1) is 13.3. The van der Waals surface area contributed by atoms with E-state index >= 15 is 0 Å². The number of hydrogen-bond acceptors (Lipinski definition) is 7. The van der Waals surface area contributed by atoms with Gasteiger partial charge in [0.1, 0.15) is 17.5 Å². The lowest BCUT2D eigenvalue weighted by Crippen LogP contribution is -2.25. The molecule has 0 saturated heterocycles. The van der Waals surface area contributed by atoms with E-state index in [1.165, 1.54) is 11.4 Å². The topological polar surface area (TPSA) is 127 Å². The molecule has 3 N–H and O–H groups in total. The van der Waals surface area contributed by atoms with Gasteiger partial charge in [0.05, 0.1) is 28.6 Å². The predicted octanol–water partition coefficient (Wildman–Crippen LogP) is 2.57. The van der Waals surface area contributed by atoms with Crippen LogP contribution in [0, 0.1) is 11.3 Å². The molecule has 3 rings (SSSR count). The van der Waals surface area contributed by atoms with Gasteiger partial charge in [-0.15, -0.1) is 6.58 Å². The maximum absolute atomic E-state index is 12.0. The van der Waals surface area contributed by atoms with Crippen LogP contribution in [0.3, 0.4) is 0 Å². The summed E-state index contributed by atoms with van der Waals surface area (Å²) in [4.78, 5) is 11.8.